The highest BCUT2D eigenvalue weighted by Gasteiger charge is 2.25. The molecule has 1 aliphatic rings. The molecule has 0 fully saturated rings. The maximum Gasteiger partial charge on any atom is 0.272 e. The van der Waals surface area contributed by atoms with Gasteiger partial charge in [-0.1, -0.05) is 35.9 Å². The second-order valence-electron chi connectivity index (χ2n) is 5.38. The molecule has 0 spiro atoms. The summed E-state index contributed by atoms with van der Waals surface area (Å²) in [6, 6.07) is 13.8. The van der Waals surface area contributed by atoms with Crippen LogP contribution < -0.4 is 5.32 Å². The fourth-order valence-electron chi connectivity index (χ4n) is 2.89. The number of fused-ring (bicyclic) bond motifs is 2. The topological polar surface area (TPSA) is 46.4 Å². The molecular weight excluding hydrogens is 330 g/mol. The first-order chi connectivity index (χ1) is 11.2. The highest BCUT2D eigenvalue weighted by molar-refractivity contribution is 7.99. The average Bonchev–Trinajstić information content (AvgIpc) is 2.91. The van der Waals surface area contributed by atoms with Crippen LogP contribution >= 0.6 is 23.4 Å². The number of nitrogens with zero attached hydrogens (tertiary/aromatic N) is 2. The maximum absolute atomic E-state index is 12.8. The summed E-state index contributed by atoms with van der Waals surface area (Å²) in [5.74, 6) is 0.795. The second-order valence-corrected chi connectivity index (χ2v) is 6.88. The third-order valence-electron chi connectivity index (χ3n) is 3.97. The molecule has 6 heteroatoms. The third-order valence-corrected chi connectivity index (χ3v) is 5.35. The Kier molecular flexibility index (Phi) is 3.75. The molecule has 4 nitrogen and oxygen atoms in total. The first-order valence-corrected chi connectivity index (χ1v) is 8.75. The third kappa shape index (κ3) is 2.60. The molecule has 0 radical (unpaired) electrons. The smallest absolute Gasteiger partial charge is 0.272 e. The van der Waals surface area contributed by atoms with E-state index in [4.69, 9.17) is 11.6 Å². The number of pyridine rings is 1. The Morgan fingerprint density at radius 1 is 1.26 bits per heavy atom. The molecule has 0 bridgehead atoms. The quantitative estimate of drug-likeness (QED) is 0.766. The van der Waals surface area contributed by atoms with Crippen LogP contribution in [0.4, 0.5) is 0 Å². The first kappa shape index (κ1) is 14.6. The average molecular weight is 344 g/mol. The molecule has 3 heterocycles. The van der Waals surface area contributed by atoms with E-state index in [2.05, 4.69) is 22.4 Å². The number of carbonyl (C=O) groups excluding carboxylic acids is 1. The molecule has 0 saturated heterocycles. The van der Waals surface area contributed by atoms with Crippen LogP contribution in [0.2, 0.25) is 5.15 Å². The SMILES string of the molecule is O=C(N[C@H]1CCSc2ccccc21)c1c(Cl)nc2ccccn12. The molecule has 2 aromatic heterocycles. The summed E-state index contributed by atoms with van der Waals surface area (Å²) in [4.78, 5) is 18.2. The molecular formula is C17H14ClN3OS. The Balaban J connectivity index is 1.67. The number of carbonyl (C=O) groups is 1. The monoisotopic (exact) mass is 343 g/mol. The number of aromatic nitrogens is 2. The van der Waals surface area contributed by atoms with Gasteiger partial charge in [-0.15, -0.1) is 11.8 Å². The predicted octanol–water partition coefficient (Wildman–Crippen LogP) is 3.95. The molecule has 4 rings (SSSR count). The number of hydrogen-bond donors (Lipinski definition) is 1. The van der Waals surface area contributed by atoms with Crippen molar-refractivity contribution in [2.45, 2.75) is 17.4 Å². The van der Waals surface area contributed by atoms with E-state index in [1.54, 1.807) is 10.6 Å². The van der Waals surface area contributed by atoms with Crippen LogP contribution in [-0.4, -0.2) is 21.0 Å². The lowest BCUT2D eigenvalue weighted by molar-refractivity contribution is 0.0929. The molecule has 1 N–H and O–H groups in total. The van der Waals surface area contributed by atoms with Crippen molar-refractivity contribution in [1.29, 1.82) is 0 Å². The summed E-state index contributed by atoms with van der Waals surface area (Å²) in [5, 5.41) is 3.34. The van der Waals surface area contributed by atoms with Crippen molar-refractivity contribution in [2.75, 3.05) is 5.75 Å². The second kappa shape index (κ2) is 5.91. The minimum atomic E-state index is -0.194. The Morgan fingerprint density at radius 3 is 3.00 bits per heavy atom. The summed E-state index contributed by atoms with van der Waals surface area (Å²) in [7, 11) is 0. The van der Waals surface area contributed by atoms with Crippen LogP contribution in [0.15, 0.2) is 53.6 Å². The Morgan fingerprint density at radius 2 is 2.09 bits per heavy atom. The van der Waals surface area contributed by atoms with Gasteiger partial charge in [-0.2, -0.15) is 0 Å². The van der Waals surface area contributed by atoms with Gasteiger partial charge >= 0.3 is 0 Å². The van der Waals surface area contributed by atoms with Gasteiger partial charge in [0.1, 0.15) is 5.65 Å². The molecule has 0 aliphatic carbocycles. The van der Waals surface area contributed by atoms with Gasteiger partial charge in [0, 0.05) is 16.8 Å². The van der Waals surface area contributed by atoms with Crippen LogP contribution in [-0.2, 0) is 0 Å². The van der Waals surface area contributed by atoms with E-state index in [1.165, 1.54) is 10.5 Å². The summed E-state index contributed by atoms with van der Waals surface area (Å²) < 4.78 is 1.72. The van der Waals surface area contributed by atoms with E-state index < -0.39 is 0 Å². The van der Waals surface area contributed by atoms with Crippen molar-refractivity contribution in [3.05, 3.63) is 65.1 Å². The predicted molar refractivity (Wildman–Crippen MR) is 92.2 cm³/mol. The van der Waals surface area contributed by atoms with Gasteiger partial charge in [0.25, 0.3) is 5.91 Å². The van der Waals surface area contributed by atoms with Crippen LogP contribution in [0, 0.1) is 0 Å². The van der Waals surface area contributed by atoms with Crippen molar-refractivity contribution in [2.24, 2.45) is 0 Å². The zero-order valence-electron chi connectivity index (χ0n) is 12.2. The minimum absolute atomic E-state index is 0.00489. The maximum atomic E-state index is 12.8. The van der Waals surface area contributed by atoms with E-state index in [1.807, 2.05) is 42.1 Å². The van der Waals surface area contributed by atoms with Gasteiger partial charge in [-0.25, -0.2) is 4.98 Å². The Hall–Kier alpha value is -1.98. The van der Waals surface area contributed by atoms with Gasteiger partial charge in [0.15, 0.2) is 10.8 Å². The zero-order valence-corrected chi connectivity index (χ0v) is 13.8. The van der Waals surface area contributed by atoms with Crippen LogP contribution in [0.25, 0.3) is 5.65 Å². The van der Waals surface area contributed by atoms with E-state index in [0.717, 1.165) is 12.2 Å². The van der Waals surface area contributed by atoms with Crippen LogP contribution in [0.3, 0.4) is 0 Å². The van der Waals surface area contributed by atoms with Crippen molar-refractivity contribution in [3.63, 3.8) is 0 Å². The number of nitrogens with one attached hydrogen (secondary N) is 1. The standard InChI is InChI=1S/C17H14ClN3OS/c18-16-15(21-9-4-3-7-14(21)20-16)17(22)19-12-8-10-23-13-6-2-1-5-11(12)13/h1-7,9,12H,8,10H2,(H,19,22)/t12-/m0/s1. The number of hydrogen-bond acceptors (Lipinski definition) is 3. The normalized spacial score (nSPS) is 17.0. The lowest BCUT2D eigenvalue weighted by Crippen LogP contribution is -2.31. The Labute approximate surface area is 142 Å². The van der Waals surface area contributed by atoms with Crippen LogP contribution in [0.5, 0.6) is 0 Å². The van der Waals surface area contributed by atoms with Gasteiger partial charge in [-0.3, -0.25) is 9.20 Å². The van der Waals surface area contributed by atoms with Crippen molar-refractivity contribution < 1.29 is 4.79 Å². The number of amides is 1. The number of thioether (sulfide) groups is 1. The summed E-state index contributed by atoms with van der Waals surface area (Å²) >= 11 is 8.01. The molecule has 23 heavy (non-hydrogen) atoms. The number of rotatable bonds is 2. The van der Waals surface area contributed by atoms with Crippen molar-refractivity contribution in [3.8, 4) is 0 Å². The molecule has 116 valence electrons. The minimum Gasteiger partial charge on any atom is -0.344 e. The molecule has 1 amide bonds. The van der Waals surface area contributed by atoms with E-state index in [0.29, 0.717) is 11.3 Å². The highest BCUT2D eigenvalue weighted by atomic mass is 35.5. The largest absolute Gasteiger partial charge is 0.344 e. The van der Waals surface area contributed by atoms with Gasteiger partial charge < -0.3 is 5.32 Å². The number of halogens is 1. The van der Waals surface area contributed by atoms with E-state index in [-0.39, 0.29) is 17.1 Å². The lowest BCUT2D eigenvalue weighted by Gasteiger charge is -2.25. The fraction of sp³-hybridized carbons (Fsp3) is 0.176. The Bertz CT molecular complexity index is 892. The highest BCUT2D eigenvalue weighted by Crippen LogP contribution is 2.36. The summed E-state index contributed by atoms with van der Waals surface area (Å²) in [6.45, 7) is 0. The number of imidazole rings is 1. The van der Waals surface area contributed by atoms with Crippen LogP contribution in [0.1, 0.15) is 28.5 Å². The molecule has 3 aromatic rings. The summed E-state index contributed by atoms with van der Waals surface area (Å²) in [6.07, 6.45) is 2.70. The van der Waals surface area contributed by atoms with E-state index >= 15 is 0 Å². The molecule has 1 aliphatic heterocycles. The van der Waals surface area contributed by atoms with E-state index in [9.17, 15) is 4.79 Å². The van der Waals surface area contributed by atoms with Crippen molar-refractivity contribution >= 4 is 34.9 Å². The molecule has 0 saturated carbocycles. The number of benzene rings is 1. The molecule has 0 unspecified atom stereocenters. The molecule has 1 aromatic carbocycles. The fourth-order valence-corrected chi connectivity index (χ4v) is 4.28. The zero-order chi connectivity index (χ0) is 15.8. The van der Waals surface area contributed by atoms with Crippen molar-refractivity contribution in [1.82, 2.24) is 14.7 Å². The van der Waals surface area contributed by atoms with Gasteiger partial charge in [0.05, 0.1) is 6.04 Å². The first-order valence-electron chi connectivity index (χ1n) is 7.39. The van der Waals surface area contributed by atoms with Gasteiger partial charge in [0.2, 0.25) is 0 Å². The van der Waals surface area contributed by atoms with Gasteiger partial charge in [-0.05, 0) is 30.2 Å². The summed E-state index contributed by atoms with van der Waals surface area (Å²) in [5.41, 5.74) is 2.22. The lowest BCUT2D eigenvalue weighted by atomic mass is 10.0. The molecule has 1 atom stereocenters.